The topological polar surface area (TPSA) is 58.8 Å². The van der Waals surface area contributed by atoms with Crippen molar-refractivity contribution >= 4 is 5.91 Å². The van der Waals surface area contributed by atoms with Crippen molar-refractivity contribution in [3.8, 4) is 5.75 Å². The van der Waals surface area contributed by atoms with Gasteiger partial charge in [0.15, 0.2) is 5.76 Å². The Labute approximate surface area is 160 Å². The Hall–Kier alpha value is -2.34. The highest BCUT2D eigenvalue weighted by atomic mass is 16.5. The zero-order chi connectivity index (χ0) is 18.6. The molecule has 27 heavy (non-hydrogen) atoms. The van der Waals surface area contributed by atoms with Gasteiger partial charge in [-0.1, -0.05) is 11.2 Å². The molecule has 2 fully saturated rings. The van der Waals surface area contributed by atoms with Gasteiger partial charge in [-0.25, -0.2) is 0 Å². The SMILES string of the molecule is Cc1cc(CN2CCN(C(=O)c3cccc(OC4CCCC4)c3)CC2)on1. The van der Waals surface area contributed by atoms with Crippen LogP contribution in [0.5, 0.6) is 5.75 Å². The fourth-order valence-corrected chi connectivity index (χ4v) is 3.90. The second-order valence-corrected chi connectivity index (χ2v) is 7.56. The second kappa shape index (κ2) is 8.13. The summed E-state index contributed by atoms with van der Waals surface area (Å²) in [6.45, 7) is 5.79. The van der Waals surface area contributed by atoms with Gasteiger partial charge in [-0.05, 0) is 50.8 Å². The van der Waals surface area contributed by atoms with Gasteiger partial charge in [0.2, 0.25) is 0 Å². The first kappa shape index (κ1) is 18.0. The molecule has 1 amide bonds. The van der Waals surface area contributed by atoms with Crippen molar-refractivity contribution in [2.45, 2.75) is 45.3 Å². The highest BCUT2D eigenvalue weighted by molar-refractivity contribution is 5.94. The van der Waals surface area contributed by atoms with Crippen molar-refractivity contribution in [2.24, 2.45) is 0 Å². The van der Waals surface area contributed by atoms with Crippen molar-refractivity contribution < 1.29 is 14.1 Å². The molecule has 0 spiro atoms. The van der Waals surface area contributed by atoms with Gasteiger partial charge in [-0.3, -0.25) is 9.69 Å². The van der Waals surface area contributed by atoms with E-state index in [1.165, 1.54) is 12.8 Å². The first-order valence-corrected chi connectivity index (χ1v) is 9.88. The lowest BCUT2D eigenvalue weighted by Gasteiger charge is -2.34. The predicted octanol–water partition coefficient (Wildman–Crippen LogP) is 3.26. The van der Waals surface area contributed by atoms with Gasteiger partial charge in [-0.15, -0.1) is 0 Å². The molecule has 1 aromatic heterocycles. The number of nitrogens with zero attached hydrogens (tertiary/aromatic N) is 3. The molecule has 2 aromatic rings. The molecule has 0 radical (unpaired) electrons. The van der Waals surface area contributed by atoms with Crippen LogP contribution in [0.2, 0.25) is 0 Å². The molecule has 1 aliphatic heterocycles. The highest BCUT2D eigenvalue weighted by Gasteiger charge is 2.23. The largest absolute Gasteiger partial charge is 0.490 e. The zero-order valence-corrected chi connectivity index (χ0v) is 15.9. The third-order valence-electron chi connectivity index (χ3n) is 5.40. The average molecular weight is 369 g/mol. The number of rotatable bonds is 5. The van der Waals surface area contributed by atoms with Crippen molar-refractivity contribution in [2.75, 3.05) is 26.2 Å². The maximum atomic E-state index is 12.9. The van der Waals surface area contributed by atoms with Gasteiger partial charge in [0.25, 0.3) is 5.91 Å². The summed E-state index contributed by atoms with van der Waals surface area (Å²) >= 11 is 0. The molecule has 0 N–H and O–H groups in total. The highest BCUT2D eigenvalue weighted by Crippen LogP contribution is 2.25. The van der Waals surface area contributed by atoms with Crippen molar-refractivity contribution in [1.82, 2.24) is 15.0 Å². The fraction of sp³-hybridized carbons (Fsp3) is 0.524. The number of amides is 1. The lowest BCUT2D eigenvalue weighted by molar-refractivity contribution is 0.0616. The number of carbonyl (C=O) groups is 1. The molecule has 2 aliphatic rings. The van der Waals surface area contributed by atoms with Crippen LogP contribution < -0.4 is 4.74 Å². The van der Waals surface area contributed by atoms with E-state index in [0.717, 1.165) is 62.8 Å². The quantitative estimate of drug-likeness (QED) is 0.810. The van der Waals surface area contributed by atoms with Crippen LogP contribution in [0.15, 0.2) is 34.9 Å². The summed E-state index contributed by atoms with van der Waals surface area (Å²) < 4.78 is 11.3. The predicted molar refractivity (Wildman–Crippen MR) is 102 cm³/mol. The third-order valence-corrected chi connectivity index (χ3v) is 5.40. The molecular weight excluding hydrogens is 342 g/mol. The first-order chi connectivity index (χ1) is 13.2. The van der Waals surface area contributed by atoms with Crippen LogP contribution in [0.1, 0.15) is 47.5 Å². The number of ether oxygens (including phenoxy) is 1. The van der Waals surface area contributed by atoms with Crippen LogP contribution in [0.25, 0.3) is 0 Å². The summed E-state index contributed by atoms with van der Waals surface area (Å²) in [5.74, 6) is 1.78. The van der Waals surface area contributed by atoms with E-state index in [2.05, 4.69) is 10.1 Å². The molecule has 1 aliphatic carbocycles. The van der Waals surface area contributed by atoms with Gasteiger partial charge in [0.1, 0.15) is 5.75 Å². The van der Waals surface area contributed by atoms with E-state index in [4.69, 9.17) is 9.26 Å². The third kappa shape index (κ3) is 4.50. The molecule has 0 atom stereocenters. The summed E-state index contributed by atoms with van der Waals surface area (Å²) in [6.07, 6.45) is 5.01. The Bertz CT molecular complexity index is 774. The Morgan fingerprint density at radius 1 is 1.19 bits per heavy atom. The van der Waals surface area contributed by atoms with Crippen LogP contribution in [0.3, 0.4) is 0 Å². The summed E-state index contributed by atoms with van der Waals surface area (Å²) in [4.78, 5) is 17.1. The number of piperazine rings is 1. The maximum absolute atomic E-state index is 12.9. The van der Waals surface area contributed by atoms with Gasteiger partial charge in [-0.2, -0.15) is 0 Å². The molecule has 6 nitrogen and oxygen atoms in total. The average Bonchev–Trinajstić information content (AvgIpc) is 3.34. The number of aryl methyl sites for hydroxylation is 1. The molecule has 6 heteroatoms. The summed E-state index contributed by atoms with van der Waals surface area (Å²) in [7, 11) is 0. The molecule has 2 heterocycles. The summed E-state index contributed by atoms with van der Waals surface area (Å²) in [5.41, 5.74) is 1.61. The summed E-state index contributed by atoms with van der Waals surface area (Å²) in [6, 6.07) is 9.61. The number of benzene rings is 1. The maximum Gasteiger partial charge on any atom is 0.254 e. The van der Waals surface area contributed by atoms with Gasteiger partial charge in [0.05, 0.1) is 18.3 Å². The minimum atomic E-state index is 0.0852. The van der Waals surface area contributed by atoms with E-state index >= 15 is 0 Å². The fourth-order valence-electron chi connectivity index (χ4n) is 3.90. The Kier molecular flexibility index (Phi) is 5.43. The molecular formula is C21H27N3O3. The van der Waals surface area contributed by atoms with Crippen molar-refractivity contribution in [1.29, 1.82) is 0 Å². The van der Waals surface area contributed by atoms with E-state index in [0.29, 0.717) is 11.7 Å². The smallest absolute Gasteiger partial charge is 0.254 e. The van der Waals surface area contributed by atoms with E-state index < -0.39 is 0 Å². The molecule has 1 aromatic carbocycles. The summed E-state index contributed by atoms with van der Waals surface area (Å²) in [5, 5.41) is 3.93. The lowest BCUT2D eigenvalue weighted by atomic mass is 10.1. The molecule has 0 bridgehead atoms. The van der Waals surface area contributed by atoms with Gasteiger partial charge >= 0.3 is 0 Å². The minimum absolute atomic E-state index is 0.0852. The lowest BCUT2D eigenvalue weighted by Crippen LogP contribution is -2.48. The van der Waals surface area contributed by atoms with E-state index in [1.54, 1.807) is 0 Å². The number of carbonyl (C=O) groups excluding carboxylic acids is 1. The number of hydrogen-bond acceptors (Lipinski definition) is 5. The standard InChI is InChI=1S/C21H27N3O3/c1-16-13-20(27-22-16)15-23-9-11-24(12-10-23)21(25)17-5-4-8-19(14-17)26-18-6-2-3-7-18/h4-5,8,13-14,18H,2-3,6-7,9-12,15H2,1H3. The van der Waals surface area contributed by atoms with E-state index in [1.807, 2.05) is 42.2 Å². The van der Waals surface area contributed by atoms with E-state index in [9.17, 15) is 4.79 Å². The normalized spacial score (nSPS) is 18.8. The Morgan fingerprint density at radius 2 is 1.96 bits per heavy atom. The number of hydrogen-bond donors (Lipinski definition) is 0. The van der Waals surface area contributed by atoms with Crippen LogP contribution in [-0.4, -0.2) is 53.1 Å². The molecule has 1 saturated carbocycles. The number of aromatic nitrogens is 1. The Morgan fingerprint density at radius 3 is 2.67 bits per heavy atom. The first-order valence-electron chi connectivity index (χ1n) is 9.88. The minimum Gasteiger partial charge on any atom is -0.490 e. The van der Waals surface area contributed by atoms with Crippen molar-refractivity contribution in [3.63, 3.8) is 0 Å². The monoisotopic (exact) mass is 369 g/mol. The van der Waals surface area contributed by atoms with Crippen molar-refractivity contribution in [3.05, 3.63) is 47.3 Å². The molecule has 1 saturated heterocycles. The Balaban J connectivity index is 1.32. The zero-order valence-electron chi connectivity index (χ0n) is 15.9. The van der Waals surface area contributed by atoms with Crippen LogP contribution in [0, 0.1) is 6.92 Å². The van der Waals surface area contributed by atoms with Crippen LogP contribution in [0.4, 0.5) is 0 Å². The molecule has 4 rings (SSSR count). The second-order valence-electron chi connectivity index (χ2n) is 7.56. The van der Waals surface area contributed by atoms with Crippen LogP contribution in [-0.2, 0) is 6.54 Å². The van der Waals surface area contributed by atoms with Crippen LogP contribution >= 0.6 is 0 Å². The van der Waals surface area contributed by atoms with Gasteiger partial charge in [0, 0.05) is 37.8 Å². The van der Waals surface area contributed by atoms with Gasteiger partial charge < -0.3 is 14.2 Å². The molecule has 0 unspecified atom stereocenters. The molecule has 144 valence electrons. The van der Waals surface area contributed by atoms with E-state index in [-0.39, 0.29) is 5.91 Å².